The largest absolute Gasteiger partial charge is 0.349 e. The van der Waals surface area contributed by atoms with Crippen LogP contribution in [0.5, 0.6) is 0 Å². The van der Waals surface area contributed by atoms with E-state index in [9.17, 15) is 0 Å². The molecule has 0 radical (unpaired) electrons. The SMILES string of the molecule is Cc1cc(N2CCC[C@@H]2c2cccnc2)nc(C)n1. The molecule has 1 fully saturated rings. The highest BCUT2D eigenvalue weighted by atomic mass is 15.2. The van der Waals surface area contributed by atoms with Gasteiger partial charge in [0.2, 0.25) is 0 Å². The molecule has 3 rings (SSSR count). The molecule has 2 aromatic heterocycles. The number of hydrogen-bond acceptors (Lipinski definition) is 4. The molecule has 0 aliphatic carbocycles. The maximum Gasteiger partial charge on any atom is 0.133 e. The van der Waals surface area contributed by atoms with Gasteiger partial charge in [-0.1, -0.05) is 6.07 Å². The zero-order chi connectivity index (χ0) is 13.2. The van der Waals surface area contributed by atoms with Crippen molar-refractivity contribution >= 4 is 5.82 Å². The molecule has 4 nitrogen and oxygen atoms in total. The van der Waals surface area contributed by atoms with E-state index >= 15 is 0 Å². The highest BCUT2D eigenvalue weighted by molar-refractivity contribution is 5.44. The van der Waals surface area contributed by atoms with Gasteiger partial charge in [-0.15, -0.1) is 0 Å². The van der Waals surface area contributed by atoms with E-state index in [2.05, 4.69) is 32.0 Å². The van der Waals surface area contributed by atoms with E-state index in [1.165, 1.54) is 12.0 Å². The standard InChI is InChI=1S/C15H18N4/c1-11-9-15(18-12(2)17-11)19-8-4-6-14(19)13-5-3-7-16-10-13/h3,5,7,9-10,14H,4,6,8H2,1-2H3/t14-/m1/s1. The lowest BCUT2D eigenvalue weighted by Crippen LogP contribution is -2.24. The zero-order valence-electron chi connectivity index (χ0n) is 11.4. The highest BCUT2D eigenvalue weighted by Crippen LogP contribution is 2.34. The van der Waals surface area contributed by atoms with Gasteiger partial charge in [-0.25, -0.2) is 9.97 Å². The minimum absolute atomic E-state index is 0.391. The predicted octanol–water partition coefficient (Wildman–Crippen LogP) is 2.83. The summed E-state index contributed by atoms with van der Waals surface area (Å²) in [5, 5.41) is 0. The van der Waals surface area contributed by atoms with Crippen LogP contribution in [0.3, 0.4) is 0 Å². The third-order valence-corrected chi connectivity index (χ3v) is 3.57. The van der Waals surface area contributed by atoms with Gasteiger partial charge in [-0.3, -0.25) is 4.98 Å². The quantitative estimate of drug-likeness (QED) is 0.826. The van der Waals surface area contributed by atoms with Gasteiger partial charge in [0.25, 0.3) is 0 Å². The molecule has 98 valence electrons. The minimum atomic E-state index is 0.391. The average molecular weight is 254 g/mol. The van der Waals surface area contributed by atoms with Crippen molar-refractivity contribution in [1.29, 1.82) is 0 Å². The van der Waals surface area contributed by atoms with Crippen molar-refractivity contribution in [2.45, 2.75) is 32.7 Å². The Hall–Kier alpha value is -1.97. The summed E-state index contributed by atoms with van der Waals surface area (Å²) in [5.74, 6) is 1.88. The fourth-order valence-corrected chi connectivity index (χ4v) is 2.81. The van der Waals surface area contributed by atoms with Crippen LogP contribution in [0.25, 0.3) is 0 Å². The Kier molecular flexibility index (Phi) is 3.15. The van der Waals surface area contributed by atoms with E-state index < -0.39 is 0 Å². The van der Waals surface area contributed by atoms with Gasteiger partial charge in [0.1, 0.15) is 11.6 Å². The molecule has 2 aromatic rings. The van der Waals surface area contributed by atoms with Crippen LogP contribution in [-0.2, 0) is 0 Å². The number of aromatic nitrogens is 3. The molecule has 0 spiro atoms. The second-order valence-electron chi connectivity index (χ2n) is 5.05. The number of hydrogen-bond donors (Lipinski definition) is 0. The van der Waals surface area contributed by atoms with Crippen molar-refractivity contribution in [3.8, 4) is 0 Å². The fraction of sp³-hybridized carbons (Fsp3) is 0.400. The van der Waals surface area contributed by atoms with E-state index in [-0.39, 0.29) is 0 Å². The van der Waals surface area contributed by atoms with Crippen molar-refractivity contribution in [3.63, 3.8) is 0 Å². The molecule has 1 atom stereocenters. The van der Waals surface area contributed by atoms with Crippen LogP contribution in [0, 0.1) is 13.8 Å². The van der Waals surface area contributed by atoms with Crippen LogP contribution >= 0.6 is 0 Å². The molecule has 1 aliphatic rings. The summed E-state index contributed by atoms with van der Waals surface area (Å²) in [7, 11) is 0. The van der Waals surface area contributed by atoms with Crippen molar-refractivity contribution < 1.29 is 0 Å². The van der Waals surface area contributed by atoms with Gasteiger partial charge in [0.15, 0.2) is 0 Å². The van der Waals surface area contributed by atoms with Gasteiger partial charge < -0.3 is 4.90 Å². The van der Waals surface area contributed by atoms with Crippen molar-refractivity contribution in [3.05, 3.63) is 47.7 Å². The van der Waals surface area contributed by atoms with Gasteiger partial charge in [0, 0.05) is 30.7 Å². The summed E-state index contributed by atoms with van der Waals surface area (Å²) >= 11 is 0. The van der Waals surface area contributed by atoms with Crippen molar-refractivity contribution in [1.82, 2.24) is 15.0 Å². The molecule has 0 unspecified atom stereocenters. The Morgan fingerprint density at radius 3 is 2.89 bits per heavy atom. The highest BCUT2D eigenvalue weighted by Gasteiger charge is 2.27. The summed E-state index contributed by atoms with van der Waals surface area (Å²) in [6.45, 7) is 5.02. The van der Waals surface area contributed by atoms with E-state index in [1.54, 1.807) is 0 Å². The third kappa shape index (κ3) is 2.43. The van der Waals surface area contributed by atoms with Crippen LogP contribution in [-0.4, -0.2) is 21.5 Å². The lowest BCUT2D eigenvalue weighted by Gasteiger charge is -2.26. The van der Waals surface area contributed by atoms with Crippen LogP contribution in [0.15, 0.2) is 30.6 Å². The van der Waals surface area contributed by atoms with Gasteiger partial charge >= 0.3 is 0 Å². The van der Waals surface area contributed by atoms with Gasteiger partial charge in [-0.2, -0.15) is 0 Å². The zero-order valence-corrected chi connectivity index (χ0v) is 11.4. The van der Waals surface area contributed by atoms with Crippen LogP contribution in [0.4, 0.5) is 5.82 Å². The van der Waals surface area contributed by atoms with Crippen molar-refractivity contribution in [2.75, 3.05) is 11.4 Å². The van der Waals surface area contributed by atoms with Crippen molar-refractivity contribution in [2.24, 2.45) is 0 Å². The monoisotopic (exact) mass is 254 g/mol. The molecule has 1 aliphatic heterocycles. The van der Waals surface area contributed by atoms with E-state index in [0.29, 0.717) is 6.04 Å². The van der Waals surface area contributed by atoms with Crippen LogP contribution in [0.2, 0.25) is 0 Å². The first-order valence-corrected chi connectivity index (χ1v) is 6.73. The second-order valence-corrected chi connectivity index (χ2v) is 5.05. The van der Waals surface area contributed by atoms with Gasteiger partial charge in [0.05, 0.1) is 6.04 Å². The average Bonchev–Trinajstić information content (AvgIpc) is 2.88. The number of aryl methyl sites for hydroxylation is 2. The molecule has 0 amide bonds. The molecular formula is C15H18N4. The molecule has 0 N–H and O–H groups in total. The number of nitrogens with zero attached hydrogens (tertiary/aromatic N) is 4. The summed E-state index contributed by atoms with van der Waals surface area (Å²) < 4.78 is 0. The van der Waals surface area contributed by atoms with Crippen LogP contribution < -0.4 is 4.90 Å². The minimum Gasteiger partial charge on any atom is -0.349 e. The lowest BCUT2D eigenvalue weighted by atomic mass is 10.1. The Balaban J connectivity index is 1.95. The Labute approximate surface area is 113 Å². The Morgan fingerprint density at radius 2 is 2.16 bits per heavy atom. The number of rotatable bonds is 2. The summed E-state index contributed by atoms with van der Waals surface area (Å²) in [6.07, 6.45) is 6.14. The van der Waals surface area contributed by atoms with E-state index in [4.69, 9.17) is 0 Å². The molecule has 0 aromatic carbocycles. The number of pyridine rings is 1. The summed E-state index contributed by atoms with van der Waals surface area (Å²) in [4.78, 5) is 15.5. The maximum absolute atomic E-state index is 4.59. The maximum atomic E-state index is 4.59. The molecule has 0 bridgehead atoms. The molecule has 1 saturated heterocycles. The molecule has 3 heterocycles. The van der Waals surface area contributed by atoms with E-state index in [1.807, 2.05) is 32.3 Å². The normalized spacial score (nSPS) is 18.8. The molecule has 0 saturated carbocycles. The Bertz CT molecular complexity index is 547. The molecular weight excluding hydrogens is 236 g/mol. The summed E-state index contributed by atoms with van der Waals surface area (Å²) in [6, 6.07) is 6.61. The second kappa shape index (κ2) is 4.96. The first kappa shape index (κ1) is 12.1. The third-order valence-electron chi connectivity index (χ3n) is 3.57. The first-order chi connectivity index (χ1) is 9.24. The molecule has 4 heteroatoms. The molecule has 19 heavy (non-hydrogen) atoms. The predicted molar refractivity (Wildman–Crippen MR) is 75.1 cm³/mol. The fourth-order valence-electron chi connectivity index (χ4n) is 2.81. The topological polar surface area (TPSA) is 41.9 Å². The Morgan fingerprint density at radius 1 is 1.26 bits per heavy atom. The van der Waals surface area contributed by atoms with Crippen LogP contribution in [0.1, 0.15) is 36.0 Å². The summed E-state index contributed by atoms with van der Waals surface area (Å²) in [5.41, 5.74) is 2.30. The van der Waals surface area contributed by atoms with Gasteiger partial charge in [-0.05, 0) is 38.3 Å². The smallest absolute Gasteiger partial charge is 0.133 e. The lowest BCUT2D eigenvalue weighted by molar-refractivity contribution is 0.704. The number of anilines is 1. The van der Waals surface area contributed by atoms with E-state index in [0.717, 1.165) is 30.3 Å². The first-order valence-electron chi connectivity index (χ1n) is 6.73.